The van der Waals surface area contributed by atoms with Gasteiger partial charge >= 0.3 is 0 Å². The highest BCUT2D eigenvalue weighted by atomic mass is 19.2. The lowest BCUT2D eigenvalue weighted by atomic mass is 9.83. The molecule has 0 saturated heterocycles. The summed E-state index contributed by atoms with van der Waals surface area (Å²) in [6.45, 7) is 0. The number of hydrogen-bond donors (Lipinski definition) is 0. The van der Waals surface area contributed by atoms with Crippen molar-refractivity contribution in [2.45, 2.75) is 5.92 Å². The van der Waals surface area contributed by atoms with Crippen molar-refractivity contribution in [1.29, 1.82) is 0 Å². The molecule has 0 aliphatic carbocycles. The monoisotopic (exact) mass is 553 g/mol. The van der Waals surface area contributed by atoms with E-state index in [2.05, 4.69) is 0 Å². The molecule has 1 heterocycles. The Kier molecular flexibility index (Phi) is 6.09. The Morgan fingerprint density at radius 3 is 1.12 bits per heavy atom. The van der Waals surface area contributed by atoms with Gasteiger partial charge in [0.25, 0.3) is 0 Å². The average Bonchev–Trinajstić information content (AvgIpc) is 3.21. The van der Waals surface area contributed by atoms with Gasteiger partial charge in [0.2, 0.25) is 0 Å². The summed E-state index contributed by atoms with van der Waals surface area (Å²) < 4.78 is 121. The van der Waals surface area contributed by atoms with Gasteiger partial charge in [-0.2, -0.15) is 0 Å². The van der Waals surface area contributed by atoms with Gasteiger partial charge in [0.1, 0.15) is 46.5 Å². The minimum Gasteiger partial charge on any atom is -0.309 e. The van der Waals surface area contributed by atoms with Crippen molar-refractivity contribution in [3.63, 3.8) is 0 Å². The van der Waals surface area contributed by atoms with Crippen LogP contribution in [0.2, 0.25) is 0 Å². The molecule has 5 aromatic carbocycles. The van der Waals surface area contributed by atoms with Gasteiger partial charge in [0.15, 0.2) is 0 Å². The number of rotatable bonds is 4. The molecule has 200 valence electrons. The van der Waals surface area contributed by atoms with Crippen LogP contribution in [0.4, 0.5) is 35.1 Å². The molecule has 0 fully saturated rings. The third kappa shape index (κ3) is 4.00. The molecule has 0 amide bonds. The van der Waals surface area contributed by atoms with E-state index in [9.17, 15) is 26.3 Å². The second-order valence-corrected chi connectivity index (χ2v) is 9.19. The number of fused-ring (bicyclic) bond motifs is 3. The van der Waals surface area contributed by atoms with Gasteiger partial charge < -0.3 is 4.57 Å². The number of nitrogens with zero attached hydrogens (tertiary/aromatic N) is 1. The third-order valence-electron chi connectivity index (χ3n) is 6.86. The molecule has 40 heavy (non-hydrogen) atoms. The van der Waals surface area contributed by atoms with Gasteiger partial charge in [-0.1, -0.05) is 36.4 Å². The Balaban J connectivity index is 1.65. The SMILES string of the molecule is Fc1cc(F)c(C(c2c(F)cc(F)cc2F)c2c(F)cc(-n3c4ccccc4c4ccccc43)cc2F)c(F)c1. The van der Waals surface area contributed by atoms with Crippen LogP contribution >= 0.6 is 0 Å². The van der Waals surface area contributed by atoms with Crippen molar-refractivity contribution in [1.82, 2.24) is 4.57 Å². The van der Waals surface area contributed by atoms with Crippen molar-refractivity contribution in [2.75, 3.05) is 0 Å². The predicted molar refractivity (Wildman–Crippen MR) is 134 cm³/mol. The number of hydrogen-bond acceptors (Lipinski definition) is 0. The Hall–Kier alpha value is -4.66. The van der Waals surface area contributed by atoms with E-state index in [0.717, 1.165) is 22.9 Å². The number of halogens is 8. The summed E-state index contributed by atoms with van der Waals surface area (Å²) >= 11 is 0. The van der Waals surface area contributed by atoms with E-state index in [1.807, 2.05) is 12.1 Å². The molecular weight excluding hydrogens is 538 g/mol. The first-order chi connectivity index (χ1) is 19.2. The first kappa shape index (κ1) is 25.6. The zero-order chi connectivity index (χ0) is 28.3. The quantitative estimate of drug-likeness (QED) is 0.152. The van der Waals surface area contributed by atoms with Crippen LogP contribution in [0.3, 0.4) is 0 Å². The van der Waals surface area contributed by atoms with Crippen LogP contribution in [0.1, 0.15) is 22.6 Å². The highest BCUT2D eigenvalue weighted by molar-refractivity contribution is 6.09. The number of benzene rings is 5. The predicted octanol–water partition coefficient (Wildman–Crippen LogP) is 9.08. The van der Waals surface area contributed by atoms with Gasteiger partial charge in [0, 0.05) is 51.7 Å². The van der Waals surface area contributed by atoms with E-state index in [1.165, 1.54) is 0 Å². The summed E-state index contributed by atoms with van der Waals surface area (Å²) in [5.74, 6) is -14.5. The lowest BCUT2D eigenvalue weighted by molar-refractivity contribution is 0.483. The summed E-state index contributed by atoms with van der Waals surface area (Å²) in [5, 5.41) is 1.57. The molecule has 0 unspecified atom stereocenters. The maximum absolute atomic E-state index is 15.9. The van der Waals surface area contributed by atoms with Crippen LogP contribution in [-0.2, 0) is 0 Å². The molecule has 0 radical (unpaired) electrons. The van der Waals surface area contributed by atoms with Crippen molar-refractivity contribution >= 4 is 21.8 Å². The maximum Gasteiger partial charge on any atom is 0.133 e. The summed E-state index contributed by atoms with van der Waals surface area (Å²) in [6.07, 6.45) is 0. The molecule has 1 aromatic heterocycles. The van der Waals surface area contributed by atoms with Crippen LogP contribution in [0.25, 0.3) is 27.5 Å². The van der Waals surface area contributed by atoms with Gasteiger partial charge in [-0.05, 0) is 24.3 Å². The highest BCUT2D eigenvalue weighted by Crippen LogP contribution is 2.42. The molecule has 1 nitrogen and oxygen atoms in total. The van der Waals surface area contributed by atoms with Crippen LogP contribution < -0.4 is 0 Å². The van der Waals surface area contributed by atoms with E-state index in [1.54, 1.807) is 41.0 Å². The molecule has 0 spiro atoms. The minimum atomic E-state index is -2.41. The van der Waals surface area contributed by atoms with Gasteiger partial charge in [-0.25, -0.2) is 35.1 Å². The first-order valence-corrected chi connectivity index (χ1v) is 11.9. The Bertz CT molecular complexity index is 1780. The topological polar surface area (TPSA) is 4.93 Å². The summed E-state index contributed by atoms with van der Waals surface area (Å²) in [7, 11) is 0. The number of aromatic nitrogens is 1. The third-order valence-corrected chi connectivity index (χ3v) is 6.86. The van der Waals surface area contributed by atoms with Crippen molar-refractivity contribution in [3.8, 4) is 5.69 Å². The minimum absolute atomic E-state index is 0.0185. The Morgan fingerprint density at radius 2 is 0.750 bits per heavy atom. The molecular formula is C31H15F8N. The van der Waals surface area contributed by atoms with E-state index in [-0.39, 0.29) is 30.0 Å². The smallest absolute Gasteiger partial charge is 0.133 e. The second kappa shape index (κ2) is 9.51. The van der Waals surface area contributed by atoms with Crippen molar-refractivity contribution < 1.29 is 35.1 Å². The zero-order valence-electron chi connectivity index (χ0n) is 20.1. The average molecular weight is 553 g/mol. The molecule has 0 N–H and O–H groups in total. The van der Waals surface area contributed by atoms with E-state index in [0.29, 0.717) is 11.0 Å². The standard InChI is InChI=1S/C31H15F8N/c32-15-9-20(34)28(21(35)10-15)31(29-22(36)11-16(33)12-23(29)37)30-24(38)13-17(14-25(30)39)40-26-7-3-1-5-18(26)19-6-2-4-8-27(19)40/h1-14,31H. The normalized spacial score (nSPS) is 11.7. The fraction of sp³-hybridized carbons (Fsp3) is 0.0323. The summed E-state index contributed by atoms with van der Waals surface area (Å²) in [5.41, 5.74) is -2.37. The Labute approximate surface area is 221 Å². The van der Waals surface area contributed by atoms with Gasteiger partial charge in [-0.15, -0.1) is 0 Å². The largest absolute Gasteiger partial charge is 0.309 e. The molecule has 0 aliphatic rings. The molecule has 0 bridgehead atoms. The Morgan fingerprint density at radius 1 is 0.425 bits per heavy atom. The van der Waals surface area contributed by atoms with Crippen LogP contribution in [-0.4, -0.2) is 4.57 Å². The molecule has 6 aromatic rings. The molecule has 0 aliphatic heterocycles. The molecule has 9 heteroatoms. The summed E-state index contributed by atoms with van der Waals surface area (Å²) in [4.78, 5) is 0. The van der Waals surface area contributed by atoms with Crippen molar-refractivity contribution in [3.05, 3.63) is 148 Å². The fourth-order valence-electron chi connectivity index (χ4n) is 5.27. The lowest BCUT2D eigenvalue weighted by Gasteiger charge is -2.23. The van der Waals surface area contributed by atoms with Gasteiger partial charge in [0.05, 0.1) is 22.6 Å². The van der Waals surface area contributed by atoms with Crippen LogP contribution in [0, 0.1) is 46.5 Å². The van der Waals surface area contributed by atoms with Crippen LogP contribution in [0.5, 0.6) is 0 Å². The lowest BCUT2D eigenvalue weighted by Crippen LogP contribution is -2.17. The summed E-state index contributed by atoms with van der Waals surface area (Å²) in [6, 6.07) is 16.8. The zero-order valence-corrected chi connectivity index (χ0v) is 20.1. The highest BCUT2D eigenvalue weighted by Gasteiger charge is 2.34. The van der Waals surface area contributed by atoms with E-state index in [4.69, 9.17) is 0 Å². The second-order valence-electron chi connectivity index (χ2n) is 9.19. The van der Waals surface area contributed by atoms with E-state index < -0.39 is 69.1 Å². The molecule has 6 rings (SSSR count). The number of para-hydroxylation sites is 2. The van der Waals surface area contributed by atoms with Gasteiger partial charge in [-0.3, -0.25) is 0 Å². The maximum atomic E-state index is 15.9. The molecule has 0 atom stereocenters. The molecule has 0 saturated carbocycles. The van der Waals surface area contributed by atoms with Crippen molar-refractivity contribution in [2.24, 2.45) is 0 Å². The van der Waals surface area contributed by atoms with E-state index >= 15 is 8.78 Å². The first-order valence-electron chi connectivity index (χ1n) is 11.9. The fourth-order valence-corrected chi connectivity index (χ4v) is 5.27. The van der Waals surface area contributed by atoms with Crippen LogP contribution in [0.15, 0.2) is 84.9 Å².